The summed E-state index contributed by atoms with van der Waals surface area (Å²) >= 11 is 0. The molecule has 8 heteroatoms. The molecular formula is C22H20N2O5S. The molecule has 30 heavy (non-hydrogen) atoms. The van der Waals surface area contributed by atoms with Gasteiger partial charge in [-0.05, 0) is 49.4 Å². The van der Waals surface area contributed by atoms with Crippen molar-refractivity contribution >= 4 is 33.1 Å². The predicted molar refractivity (Wildman–Crippen MR) is 115 cm³/mol. The number of para-hydroxylation sites is 2. The highest BCUT2D eigenvalue weighted by Crippen LogP contribution is 2.26. The lowest BCUT2D eigenvalue weighted by Crippen LogP contribution is -2.16. The van der Waals surface area contributed by atoms with Gasteiger partial charge in [-0.2, -0.15) is 0 Å². The minimum absolute atomic E-state index is 0.0708. The zero-order valence-corrected chi connectivity index (χ0v) is 17.2. The van der Waals surface area contributed by atoms with Crippen molar-refractivity contribution in [1.29, 1.82) is 0 Å². The van der Waals surface area contributed by atoms with Crippen LogP contribution in [-0.4, -0.2) is 27.2 Å². The third-order valence-electron chi connectivity index (χ3n) is 4.28. The lowest BCUT2D eigenvalue weighted by molar-refractivity contribution is 0.101. The molecule has 0 heterocycles. The van der Waals surface area contributed by atoms with Gasteiger partial charge >= 0.3 is 0 Å². The molecule has 0 aliphatic heterocycles. The third-order valence-corrected chi connectivity index (χ3v) is 5.65. The van der Waals surface area contributed by atoms with Gasteiger partial charge in [-0.25, -0.2) is 8.42 Å². The maximum atomic E-state index is 12.8. The summed E-state index contributed by atoms with van der Waals surface area (Å²) < 4.78 is 33.2. The van der Waals surface area contributed by atoms with Crippen LogP contribution in [-0.2, 0) is 10.0 Å². The summed E-state index contributed by atoms with van der Waals surface area (Å²) in [5.41, 5.74) is 1.35. The van der Waals surface area contributed by atoms with Crippen LogP contribution in [0, 0.1) is 0 Å². The number of rotatable bonds is 7. The number of ether oxygens (including phenoxy) is 1. The first-order chi connectivity index (χ1) is 14.3. The highest BCUT2D eigenvalue weighted by atomic mass is 32.2. The molecule has 0 saturated carbocycles. The highest BCUT2D eigenvalue weighted by Gasteiger charge is 2.18. The van der Waals surface area contributed by atoms with E-state index in [1.165, 1.54) is 38.3 Å². The van der Waals surface area contributed by atoms with E-state index in [9.17, 15) is 18.0 Å². The molecule has 0 radical (unpaired) electrons. The highest BCUT2D eigenvalue weighted by molar-refractivity contribution is 7.92. The number of ketones is 1. The first kappa shape index (κ1) is 21.1. The Balaban J connectivity index is 1.84. The fraction of sp³-hybridized carbons (Fsp3) is 0.0909. The number of sulfonamides is 1. The Kier molecular flexibility index (Phi) is 6.17. The van der Waals surface area contributed by atoms with E-state index in [1.54, 1.807) is 48.5 Å². The maximum absolute atomic E-state index is 12.8. The van der Waals surface area contributed by atoms with Crippen LogP contribution in [0.25, 0.3) is 0 Å². The average molecular weight is 424 g/mol. The summed E-state index contributed by atoms with van der Waals surface area (Å²) in [6, 6.07) is 18.8. The number of anilines is 2. The standard InChI is InChI=1S/C22H20N2O5S/c1-15(25)16-7-5-9-18(13-16)23-22(26)17-8-6-10-19(14-17)30(27,28)24-20-11-3-4-12-21(20)29-2/h3-14,24H,1-2H3,(H,23,26). The molecule has 1 amide bonds. The van der Waals surface area contributed by atoms with Crippen LogP contribution in [0.1, 0.15) is 27.6 Å². The third kappa shape index (κ3) is 4.84. The first-order valence-electron chi connectivity index (χ1n) is 8.98. The lowest BCUT2D eigenvalue weighted by Gasteiger charge is -2.12. The second-order valence-electron chi connectivity index (χ2n) is 6.42. The van der Waals surface area contributed by atoms with Gasteiger partial charge in [0, 0.05) is 16.8 Å². The number of hydrogen-bond acceptors (Lipinski definition) is 5. The summed E-state index contributed by atoms with van der Waals surface area (Å²) in [4.78, 5) is 24.0. The van der Waals surface area contributed by atoms with Crippen LogP contribution in [0.15, 0.2) is 77.7 Å². The fourth-order valence-corrected chi connectivity index (χ4v) is 3.87. The van der Waals surface area contributed by atoms with E-state index in [0.29, 0.717) is 17.0 Å². The SMILES string of the molecule is COc1ccccc1NS(=O)(=O)c1cccc(C(=O)Nc2cccc(C(C)=O)c2)c1. The van der Waals surface area contributed by atoms with Crippen LogP contribution in [0.5, 0.6) is 5.75 Å². The number of Topliss-reactive ketones (excluding diaryl/α,β-unsaturated/α-hetero) is 1. The van der Waals surface area contributed by atoms with Crippen molar-refractivity contribution in [3.63, 3.8) is 0 Å². The van der Waals surface area contributed by atoms with E-state index >= 15 is 0 Å². The lowest BCUT2D eigenvalue weighted by atomic mass is 10.1. The number of benzene rings is 3. The molecule has 0 atom stereocenters. The monoisotopic (exact) mass is 424 g/mol. The normalized spacial score (nSPS) is 10.9. The number of carbonyl (C=O) groups excluding carboxylic acids is 2. The minimum Gasteiger partial charge on any atom is -0.495 e. The number of carbonyl (C=O) groups is 2. The molecule has 154 valence electrons. The van der Waals surface area contributed by atoms with Crippen molar-refractivity contribution in [2.75, 3.05) is 17.1 Å². The second-order valence-corrected chi connectivity index (χ2v) is 8.11. The van der Waals surface area contributed by atoms with Gasteiger partial charge in [-0.3, -0.25) is 14.3 Å². The van der Waals surface area contributed by atoms with Crippen LogP contribution >= 0.6 is 0 Å². The van der Waals surface area contributed by atoms with E-state index in [4.69, 9.17) is 4.74 Å². The van der Waals surface area contributed by atoms with Gasteiger partial charge < -0.3 is 10.1 Å². The van der Waals surface area contributed by atoms with Gasteiger partial charge in [0.1, 0.15) is 5.75 Å². The van der Waals surface area contributed by atoms with E-state index in [-0.39, 0.29) is 21.9 Å². The topological polar surface area (TPSA) is 102 Å². The molecule has 7 nitrogen and oxygen atoms in total. The van der Waals surface area contributed by atoms with Crippen LogP contribution in [0.3, 0.4) is 0 Å². The molecular weight excluding hydrogens is 404 g/mol. The summed E-state index contributed by atoms with van der Waals surface area (Å²) in [5, 5.41) is 2.67. The van der Waals surface area contributed by atoms with Crippen molar-refractivity contribution < 1.29 is 22.7 Å². The minimum atomic E-state index is -3.95. The molecule has 0 bridgehead atoms. The van der Waals surface area contributed by atoms with E-state index in [2.05, 4.69) is 10.0 Å². The van der Waals surface area contributed by atoms with Crippen LogP contribution in [0.2, 0.25) is 0 Å². The Morgan fingerprint density at radius 3 is 2.30 bits per heavy atom. The molecule has 3 aromatic rings. The Bertz CT molecular complexity index is 1210. The Labute approximate surface area is 174 Å². The van der Waals surface area contributed by atoms with Gasteiger partial charge in [-0.1, -0.05) is 30.3 Å². The average Bonchev–Trinajstić information content (AvgIpc) is 2.74. The summed E-state index contributed by atoms with van der Waals surface area (Å²) in [7, 11) is -2.50. The van der Waals surface area contributed by atoms with Gasteiger partial charge in [0.05, 0.1) is 17.7 Å². The molecule has 0 unspecified atom stereocenters. The molecule has 3 rings (SSSR count). The van der Waals surface area contributed by atoms with Crippen molar-refractivity contribution in [2.24, 2.45) is 0 Å². The zero-order chi connectivity index (χ0) is 21.7. The van der Waals surface area contributed by atoms with Gasteiger partial charge in [0.2, 0.25) is 0 Å². The molecule has 0 aromatic heterocycles. The van der Waals surface area contributed by atoms with Gasteiger partial charge in [-0.15, -0.1) is 0 Å². The Hall–Kier alpha value is -3.65. The largest absolute Gasteiger partial charge is 0.495 e. The molecule has 3 aromatic carbocycles. The van der Waals surface area contributed by atoms with Crippen molar-refractivity contribution in [3.05, 3.63) is 83.9 Å². The fourth-order valence-electron chi connectivity index (χ4n) is 2.76. The van der Waals surface area contributed by atoms with E-state index < -0.39 is 15.9 Å². The van der Waals surface area contributed by atoms with Crippen molar-refractivity contribution in [1.82, 2.24) is 0 Å². The maximum Gasteiger partial charge on any atom is 0.262 e. The number of amides is 1. The number of hydrogen-bond donors (Lipinski definition) is 2. The Morgan fingerprint density at radius 1 is 0.867 bits per heavy atom. The summed E-state index contributed by atoms with van der Waals surface area (Å²) in [6.07, 6.45) is 0. The van der Waals surface area contributed by atoms with Crippen molar-refractivity contribution in [2.45, 2.75) is 11.8 Å². The molecule has 0 fully saturated rings. The molecule has 2 N–H and O–H groups in total. The van der Waals surface area contributed by atoms with Crippen LogP contribution < -0.4 is 14.8 Å². The second kappa shape index (κ2) is 8.79. The first-order valence-corrected chi connectivity index (χ1v) is 10.5. The molecule has 0 saturated heterocycles. The van der Waals surface area contributed by atoms with Gasteiger partial charge in [0.15, 0.2) is 5.78 Å². The summed E-state index contributed by atoms with van der Waals surface area (Å²) in [5.74, 6) is -0.244. The van der Waals surface area contributed by atoms with Crippen molar-refractivity contribution in [3.8, 4) is 5.75 Å². The smallest absolute Gasteiger partial charge is 0.262 e. The molecule has 0 spiro atoms. The molecule has 0 aliphatic rings. The number of methoxy groups -OCH3 is 1. The van der Waals surface area contributed by atoms with Crippen LogP contribution in [0.4, 0.5) is 11.4 Å². The van der Waals surface area contributed by atoms with E-state index in [1.807, 2.05) is 0 Å². The predicted octanol–water partition coefficient (Wildman–Crippen LogP) is 3.95. The Morgan fingerprint density at radius 2 is 1.57 bits per heavy atom. The van der Waals surface area contributed by atoms with E-state index in [0.717, 1.165) is 0 Å². The quantitative estimate of drug-likeness (QED) is 0.559. The zero-order valence-electron chi connectivity index (χ0n) is 16.4. The number of nitrogens with one attached hydrogen (secondary N) is 2. The van der Waals surface area contributed by atoms with Gasteiger partial charge in [0.25, 0.3) is 15.9 Å². The summed E-state index contributed by atoms with van der Waals surface area (Å²) in [6.45, 7) is 1.43. The molecule has 0 aliphatic carbocycles.